The largest absolute Gasteiger partial charge is 0.492 e. The topological polar surface area (TPSA) is 154 Å². The van der Waals surface area contributed by atoms with E-state index < -0.39 is 36.7 Å². The molecule has 0 bridgehead atoms. The number of imidazole rings is 1. The fourth-order valence-corrected chi connectivity index (χ4v) is 2.19. The number of aromatic hydroxyl groups is 1. The lowest BCUT2D eigenvalue weighted by atomic mass is 10.1. The molecule has 20 heavy (non-hydrogen) atoms. The summed E-state index contributed by atoms with van der Waals surface area (Å²) in [6.07, 6.45) is -2.26. The number of hydrogen-bond acceptors (Lipinski definition) is 9. The first-order chi connectivity index (χ1) is 9.49. The van der Waals surface area contributed by atoms with Crippen LogP contribution >= 0.6 is 0 Å². The molecule has 0 radical (unpaired) electrons. The van der Waals surface area contributed by atoms with Crippen LogP contribution < -0.4 is 0 Å². The Balaban J connectivity index is 2.13. The van der Waals surface area contributed by atoms with E-state index in [1.165, 1.54) is 0 Å². The Kier molecular flexibility index (Phi) is 2.84. The van der Waals surface area contributed by atoms with Crippen molar-refractivity contribution < 1.29 is 30.3 Å². The van der Waals surface area contributed by atoms with Gasteiger partial charge in [0.15, 0.2) is 17.3 Å². The molecule has 3 rings (SSSR count). The van der Waals surface area contributed by atoms with Gasteiger partial charge in [-0.3, -0.25) is 4.57 Å². The zero-order valence-corrected chi connectivity index (χ0v) is 10.0. The molecule has 0 unspecified atom stereocenters. The SMILES string of the molecule is OC[C@H]1O[C@@](O)(n2cnc3c(O)ncnc32)[C@H](O)[C@@H]1O. The van der Waals surface area contributed by atoms with E-state index in [1.807, 2.05) is 0 Å². The molecular formula is C10H12N4O6. The quantitative estimate of drug-likeness (QED) is 0.394. The molecule has 2 aromatic heterocycles. The van der Waals surface area contributed by atoms with E-state index in [2.05, 4.69) is 15.0 Å². The molecule has 1 saturated heterocycles. The van der Waals surface area contributed by atoms with E-state index in [0.717, 1.165) is 17.2 Å². The van der Waals surface area contributed by atoms with Gasteiger partial charge in [0.25, 0.3) is 5.91 Å². The fourth-order valence-electron chi connectivity index (χ4n) is 2.19. The van der Waals surface area contributed by atoms with Gasteiger partial charge in [-0.1, -0.05) is 0 Å². The molecule has 2 aromatic rings. The third kappa shape index (κ3) is 1.60. The van der Waals surface area contributed by atoms with Crippen molar-refractivity contribution in [2.75, 3.05) is 6.61 Å². The predicted octanol–water partition coefficient (Wildman–Crippen LogP) is -2.75. The number of aliphatic hydroxyl groups is 4. The predicted molar refractivity (Wildman–Crippen MR) is 61.2 cm³/mol. The van der Waals surface area contributed by atoms with Crippen molar-refractivity contribution in [3.8, 4) is 5.88 Å². The van der Waals surface area contributed by atoms with E-state index in [4.69, 9.17) is 9.84 Å². The number of ether oxygens (including phenoxy) is 1. The van der Waals surface area contributed by atoms with Crippen LogP contribution in [0.2, 0.25) is 0 Å². The lowest BCUT2D eigenvalue weighted by molar-refractivity contribution is -0.287. The Morgan fingerprint density at radius 3 is 2.70 bits per heavy atom. The van der Waals surface area contributed by atoms with Crippen LogP contribution in [0.5, 0.6) is 5.88 Å². The minimum atomic E-state index is -2.36. The maximum Gasteiger partial charge on any atom is 0.286 e. The number of hydrogen-bond donors (Lipinski definition) is 5. The lowest BCUT2D eigenvalue weighted by Gasteiger charge is -2.27. The molecular weight excluding hydrogens is 272 g/mol. The van der Waals surface area contributed by atoms with Crippen molar-refractivity contribution in [1.29, 1.82) is 0 Å². The molecule has 5 N–H and O–H groups in total. The van der Waals surface area contributed by atoms with Crippen LogP contribution in [-0.2, 0) is 10.6 Å². The molecule has 0 aromatic carbocycles. The second-order valence-corrected chi connectivity index (χ2v) is 4.42. The van der Waals surface area contributed by atoms with Crippen molar-refractivity contribution >= 4 is 11.2 Å². The van der Waals surface area contributed by atoms with Gasteiger partial charge >= 0.3 is 0 Å². The molecule has 10 heteroatoms. The average molecular weight is 284 g/mol. The second kappa shape index (κ2) is 4.33. The van der Waals surface area contributed by atoms with Crippen LogP contribution in [0.3, 0.4) is 0 Å². The molecule has 10 nitrogen and oxygen atoms in total. The summed E-state index contributed by atoms with van der Waals surface area (Å²) in [6.45, 7) is -0.590. The van der Waals surface area contributed by atoms with Gasteiger partial charge in [0.2, 0.25) is 5.88 Å². The normalized spacial score (nSPS) is 33.9. The van der Waals surface area contributed by atoms with Gasteiger partial charge in [0, 0.05) is 0 Å². The molecule has 0 amide bonds. The van der Waals surface area contributed by atoms with Gasteiger partial charge in [0.1, 0.15) is 24.9 Å². The minimum absolute atomic E-state index is 0.00124. The van der Waals surface area contributed by atoms with Crippen molar-refractivity contribution in [3.63, 3.8) is 0 Å². The molecule has 0 aliphatic carbocycles. The third-order valence-electron chi connectivity index (χ3n) is 3.25. The Hall–Kier alpha value is -1.85. The molecule has 1 aliphatic rings. The van der Waals surface area contributed by atoms with Crippen LogP contribution in [0.15, 0.2) is 12.7 Å². The van der Waals surface area contributed by atoms with E-state index in [-0.39, 0.29) is 11.2 Å². The molecule has 4 atom stereocenters. The summed E-state index contributed by atoms with van der Waals surface area (Å²) in [5.74, 6) is -2.76. The maximum absolute atomic E-state index is 10.4. The summed E-state index contributed by atoms with van der Waals surface area (Å²) in [5.41, 5.74) is 0.00324. The van der Waals surface area contributed by atoms with Crippen molar-refractivity contribution in [2.45, 2.75) is 24.2 Å². The third-order valence-corrected chi connectivity index (χ3v) is 3.25. The van der Waals surface area contributed by atoms with Gasteiger partial charge in [-0.05, 0) is 0 Å². The summed E-state index contributed by atoms with van der Waals surface area (Å²) in [5, 5.41) is 48.6. The average Bonchev–Trinajstić information content (AvgIpc) is 2.96. The number of fused-ring (bicyclic) bond motifs is 1. The van der Waals surface area contributed by atoms with Crippen LogP contribution in [0.25, 0.3) is 11.2 Å². The van der Waals surface area contributed by atoms with Crippen LogP contribution in [0.4, 0.5) is 0 Å². The van der Waals surface area contributed by atoms with Crippen LogP contribution in [0.1, 0.15) is 0 Å². The molecule has 108 valence electrons. The first kappa shape index (κ1) is 13.1. The van der Waals surface area contributed by atoms with E-state index in [1.54, 1.807) is 0 Å². The summed E-state index contributed by atoms with van der Waals surface area (Å²) in [6, 6.07) is 0. The first-order valence-electron chi connectivity index (χ1n) is 5.73. The lowest BCUT2D eigenvalue weighted by Crippen LogP contribution is -2.45. The van der Waals surface area contributed by atoms with E-state index >= 15 is 0 Å². The number of nitrogens with zero attached hydrogens (tertiary/aromatic N) is 4. The van der Waals surface area contributed by atoms with Crippen LogP contribution in [0, 0.1) is 0 Å². The van der Waals surface area contributed by atoms with Crippen molar-refractivity contribution in [2.24, 2.45) is 0 Å². The summed E-state index contributed by atoms with van der Waals surface area (Å²) in [4.78, 5) is 11.2. The van der Waals surface area contributed by atoms with Gasteiger partial charge < -0.3 is 30.3 Å². The zero-order chi connectivity index (χ0) is 14.5. The van der Waals surface area contributed by atoms with E-state index in [9.17, 15) is 20.4 Å². The molecule has 3 heterocycles. The number of rotatable bonds is 2. The standard InChI is InChI=1S/C10H12N4O6/c15-1-4-6(16)7(17)10(19,20-4)14-3-13-5-8(14)11-2-12-9(5)18/h2-4,6-7,15-17,19H,1H2,(H,11,12,18)/t4-,6-,7-,10-/m1/s1. The highest BCUT2D eigenvalue weighted by atomic mass is 16.7. The molecule has 0 spiro atoms. The Labute approximate surface area is 111 Å². The molecule has 1 aliphatic heterocycles. The van der Waals surface area contributed by atoms with Crippen LogP contribution in [-0.4, -0.2) is 70.0 Å². The second-order valence-electron chi connectivity index (χ2n) is 4.42. The highest BCUT2D eigenvalue weighted by Crippen LogP contribution is 2.35. The van der Waals surface area contributed by atoms with Gasteiger partial charge in [-0.2, -0.15) is 4.98 Å². The number of aliphatic hydroxyl groups excluding tert-OH is 3. The molecule has 1 fully saturated rings. The summed E-state index contributed by atoms with van der Waals surface area (Å²) in [7, 11) is 0. The minimum Gasteiger partial charge on any atom is -0.492 e. The Morgan fingerprint density at radius 2 is 2.05 bits per heavy atom. The fraction of sp³-hybridized carbons (Fsp3) is 0.500. The highest BCUT2D eigenvalue weighted by Gasteiger charge is 2.55. The van der Waals surface area contributed by atoms with Crippen molar-refractivity contribution in [3.05, 3.63) is 12.7 Å². The van der Waals surface area contributed by atoms with E-state index in [0.29, 0.717) is 0 Å². The monoisotopic (exact) mass is 284 g/mol. The molecule has 0 saturated carbocycles. The maximum atomic E-state index is 10.4. The van der Waals surface area contributed by atoms with Gasteiger partial charge in [-0.15, -0.1) is 0 Å². The smallest absolute Gasteiger partial charge is 0.286 e. The highest BCUT2D eigenvalue weighted by molar-refractivity contribution is 5.75. The van der Waals surface area contributed by atoms with Crippen molar-refractivity contribution in [1.82, 2.24) is 19.5 Å². The summed E-state index contributed by atoms with van der Waals surface area (Å²) < 4.78 is 6.05. The summed E-state index contributed by atoms with van der Waals surface area (Å²) >= 11 is 0. The Bertz CT molecular complexity index is 648. The van der Waals surface area contributed by atoms with Gasteiger partial charge in [-0.25, -0.2) is 9.97 Å². The zero-order valence-electron chi connectivity index (χ0n) is 10.0. The van der Waals surface area contributed by atoms with Gasteiger partial charge in [0.05, 0.1) is 6.61 Å². The first-order valence-corrected chi connectivity index (χ1v) is 5.73. The number of aromatic nitrogens is 4. The Morgan fingerprint density at radius 1 is 1.30 bits per heavy atom.